The number of fused-ring (bicyclic) bond motifs is 15. The highest BCUT2D eigenvalue weighted by molar-refractivity contribution is 6.14. The molecule has 17 aromatic rings. The van der Waals surface area contributed by atoms with Crippen LogP contribution in [0.3, 0.4) is 0 Å². The lowest BCUT2D eigenvalue weighted by Crippen LogP contribution is -2.15. The van der Waals surface area contributed by atoms with Crippen molar-refractivity contribution in [2.45, 2.75) is 38.5 Å². The molecular formula is C87H60N6. The minimum Gasteiger partial charge on any atom is -0.309 e. The van der Waals surface area contributed by atoms with Crippen molar-refractivity contribution in [3.8, 4) is 95.7 Å². The third kappa shape index (κ3) is 7.98. The topological polar surface area (TPSA) is 53.5 Å². The molecule has 0 amide bonds. The van der Waals surface area contributed by atoms with Gasteiger partial charge in [0.05, 0.1) is 33.1 Å². The van der Waals surface area contributed by atoms with E-state index < -0.39 is 0 Å². The molecule has 19 rings (SSSR count). The van der Waals surface area contributed by atoms with E-state index in [2.05, 4.69) is 314 Å². The fourth-order valence-electron chi connectivity index (χ4n) is 15.9. The van der Waals surface area contributed by atoms with E-state index in [0.717, 1.165) is 88.7 Å². The number of para-hydroxylation sites is 2. The predicted molar refractivity (Wildman–Crippen MR) is 385 cm³/mol. The maximum atomic E-state index is 5.44. The molecule has 0 saturated carbocycles. The Morgan fingerprint density at radius 2 is 0.581 bits per heavy atom. The van der Waals surface area contributed by atoms with Crippen LogP contribution in [-0.2, 0) is 10.8 Å². The van der Waals surface area contributed by atoms with Gasteiger partial charge in [-0.2, -0.15) is 9.97 Å². The summed E-state index contributed by atoms with van der Waals surface area (Å²) in [5.74, 6) is 1.75. The zero-order valence-electron chi connectivity index (χ0n) is 51.9. The summed E-state index contributed by atoms with van der Waals surface area (Å²) in [5.41, 5.74) is 28.0. The molecule has 2 aliphatic rings. The summed E-state index contributed by atoms with van der Waals surface area (Å²) in [5, 5.41) is 7.09. The van der Waals surface area contributed by atoms with E-state index in [4.69, 9.17) is 15.0 Å². The maximum Gasteiger partial charge on any atom is 0.238 e. The van der Waals surface area contributed by atoms with Gasteiger partial charge in [0.15, 0.2) is 11.6 Å². The van der Waals surface area contributed by atoms with Crippen molar-refractivity contribution in [3.05, 3.63) is 313 Å². The molecule has 0 unspecified atom stereocenters. The largest absolute Gasteiger partial charge is 0.309 e. The van der Waals surface area contributed by atoms with Crippen molar-refractivity contribution in [3.63, 3.8) is 0 Å². The highest BCUT2D eigenvalue weighted by atomic mass is 15.2. The van der Waals surface area contributed by atoms with Gasteiger partial charge < -0.3 is 9.13 Å². The Balaban J connectivity index is 0.808. The lowest BCUT2D eigenvalue weighted by Gasteiger charge is -2.22. The SMILES string of the molecule is CC1(C)c2ccccc2-c2ccc(-n3c4ccccc4c4ccc(-c5ccc6c(c5)c5cc(-c7ccc8c9ccccc9n(-c9ccc%10c(c9)C(C)(C)c9ccccc9-%10)c8c7)ccc5n6-c5nc(-c6ccccc6)nc(-c6ccc(-c7ccccc7)cc6)n5)cc43)cc21. The molecule has 0 spiro atoms. The highest BCUT2D eigenvalue weighted by Gasteiger charge is 2.37. The second-order valence-corrected chi connectivity index (χ2v) is 26.4. The Morgan fingerprint density at radius 3 is 1.09 bits per heavy atom. The van der Waals surface area contributed by atoms with Crippen LogP contribution in [0.15, 0.2) is 291 Å². The molecule has 0 aliphatic heterocycles. The number of benzene rings is 13. The van der Waals surface area contributed by atoms with Crippen molar-refractivity contribution in [2.75, 3.05) is 0 Å². The number of aromatic nitrogens is 6. The van der Waals surface area contributed by atoms with Crippen LogP contribution in [0.5, 0.6) is 0 Å². The van der Waals surface area contributed by atoms with E-state index >= 15 is 0 Å². The fourth-order valence-corrected chi connectivity index (χ4v) is 15.9. The summed E-state index contributed by atoms with van der Waals surface area (Å²) in [6.45, 7) is 9.45. The molecule has 13 aromatic carbocycles. The number of hydrogen-bond donors (Lipinski definition) is 0. The molecule has 4 aromatic heterocycles. The average molecular weight is 1190 g/mol. The Labute approximate surface area is 538 Å². The van der Waals surface area contributed by atoms with Gasteiger partial charge in [0.25, 0.3) is 0 Å². The van der Waals surface area contributed by atoms with Gasteiger partial charge in [0.2, 0.25) is 5.95 Å². The number of hydrogen-bond acceptors (Lipinski definition) is 3. The summed E-state index contributed by atoms with van der Waals surface area (Å²) in [6.07, 6.45) is 0. The first-order valence-electron chi connectivity index (χ1n) is 32.2. The van der Waals surface area contributed by atoms with Gasteiger partial charge in [0, 0.05) is 65.6 Å². The third-order valence-electron chi connectivity index (χ3n) is 20.5. The van der Waals surface area contributed by atoms with Gasteiger partial charge in [-0.1, -0.05) is 246 Å². The highest BCUT2D eigenvalue weighted by Crippen LogP contribution is 2.52. The Hall–Kier alpha value is -11.7. The first-order valence-corrected chi connectivity index (χ1v) is 32.2. The number of nitrogens with zero attached hydrogens (tertiary/aromatic N) is 6. The van der Waals surface area contributed by atoms with Crippen molar-refractivity contribution in [1.29, 1.82) is 0 Å². The van der Waals surface area contributed by atoms with Crippen LogP contribution >= 0.6 is 0 Å². The van der Waals surface area contributed by atoms with Crippen LogP contribution in [-0.4, -0.2) is 28.7 Å². The Kier molecular flexibility index (Phi) is 11.4. The van der Waals surface area contributed by atoms with Gasteiger partial charge in [-0.05, 0) is 151 Å². The summed E-state index contributed by atoms with van der Waals surface area (Å²) in [6, 6.07) is 107. The lowest BCUT2D eigenvalue weighted by molar-refractivity contribution is 0.660. The van der Waals surface area contributed by atoms with Crippen LogP contribution in [0.2, 0.25) is 0 Å². The molecule has 438 valence electrons. The molecule has 0 saturated heterocycles. The van der Waals surface area contributed by atoms with Crippen LogP contribution < -0.4 is 0 Å². The second-order valence-electron chi connectivity index (χ2n) is 26.4. The summed E-state index contributed by atoms with van der Waals surface area (Å²) in [7, 11) is 0. The molecule has 0 fully saturated rings. The molecule has 93 heavy (non-hydrogen) atoms. The zero-order chi connectivity index (χ0) is 61.8. The molecule has 6 heteroatoms. The summed E-state index contributed by atoms with van der Waals surface area (Å²) >= 11 is 0. The third-order valence-corrected chi connectivity index (χ3v) is 20.5. The van der Waals surface area contributed by atoms with Gasteiger partial charge in [-0.3, -0.25) is 4.57 Å². The smallest absolute Gasteiger partial charge is 0.238 e. The minimum absolute atomic E-state index is 0.138. The maximum absolute atomic E-state index is 5.44. The second kappa shape index (κ2) is 19.9. The normalized spacial score (nSPS) is 13.5. The van der Waals surface area contributed by atoms with E-state index in [1.54, 1.807) is 0 Å². The van der Waals surface area contributed by atoms with Crippen LogP contribution in [0.1, 0.15) is 49.9 Å². The molecule has 4 heterocycles. The van der Waals surface area contributed by atoms with Crippen molar-refractivity contribution in [2.24, 2.45) is 0 Å². The quantitative estimate of drug-likeness (QED) is 0.152. The minimum atomic E-state index is -0.138. The van der Waals surface area contributed by atoms with Crippen molar-refractivity contribution < 1.29 is 0 Å². The van der Waals surface area contributed by atoms with Gasteiger partial charge in [-0.25, -0.2) is 4.98 Å². The standard InChI is InChI=1S/C87H60N6/c1-86(2)73-27-15-11-23-63(73)65-43-39-61(51-75(65)86)91-77-29-17-13-25-67(77)69-41-35-59(49-81(69)91)57-37-45-79-71(47-57)72-48-58(38-46-80(72)93(79)85-89-83(55-21-9-6-10-22-55)88-84(90-85)56-33-31-54(32-34-56)53-19-7-5-8-20-53)60-36-42-70-68-26-14-18-30-78(68)92(82(70)50-60)62-40-44-66-64-24-12-16-28-74(64)87(3,4)76(66)52-62/h5-52H,1-4H3. The van der Waals surface area contributed by atoms with E-state index in [1.165, 1.54) is 77.1 Å². The molecule has 0 N–H and O–H groups in total. The van der Waals surface area contributed by atoms with Gasteiger partial charge >= 0.3 is 0 Å². The average Bonchev–Trinajstić information content (AvgIpc) is 1.60. The summed E-state index contributed by atoms with van der Waals surface area (Å²) < 4.78 is 7.20. The molecule has 2 aliphatic carbocycles. The monoisotopic (exact) mass is 1190 g/mol. The molecule has 6 nitrogen and oxygen atoms in total. The molecule has 0 radical (unpaired) electrons. The zero-order valence-corrected chi connectivity index (χ0v) is 51.9. The van der Waals surface area contributed by atoms with E-state index in [1.807, 2.05) is 18.2 Å². The van der Waals surface area contributed by atoms with Gasteiger partial charge in [0.1, 0.15) is 0 Å². The lowest BCUT2D eigenvalue weighted by atomic mass is 9.82. The summed E-state index contributed by atoms with van der Waals surface area (Å²) in [4.78, 5) is 16.1. The Bertz CT molecular complexity index is 5700. The fraction of sp³-hybridized carbons (Fsp3) is 0.0690. The molecular weight excluding hydrogens is 1130 g/mol. The first-order chi connectivity index (χ1) is 45.6. The Morgan fingerprint density at radius 1 is 0.226 bits per heavy atom. The van der Waals surface area contributed by atoms with Crippen molar-refractivity contribution in [1.82, 2.24) is 28.7 Å². The predicted octanol–water partition coefficient (Wildman–Crippen LogP) is 22.1. The first kappa shape index (κ1) is 53.1. The molecule has 0 bridgehead atoms. The molecule has 0 atom stereocenters. The number of rotatable bonds is 8. The van der Waals surface area contributed by atoms with Crippen molar-refractivity contribution >= 4 is 65.4 Å². The van der Waals surface area contributed by atoms with E-state index in [0.29, 0.717) is 17.6 Å². The van der Waals surface area contributed by atoms with Crippen LogP contribution in [0.4, 0.5) is 0 Å². The van der Waals surface area contributed by atoms with Crippen LogP contribution in [0.25, 0.3) is 161 Å². The van der Waals surface area contributed by atoms with E-state index in [9.17, 15) is 0 Å². The van der Waals surface area contributed by atoms with E-state index in [-0.39, 0.29) is 10.8 Å². The van der Waals surface area contributed by atoms with Crippen LogP contribution in [0, 0.1) is 0 Å². The van der Waals surface area contributed by atoms with Gasteiger partial charge in [-0.15, -0.1) is 0 Å².